The van der Waals surface area contributed by atoms with Gasteiger partial charge in [-0.25, -0.2) is 0 Å². The first-order valence-corrected chi connectivity index (χ1v) is 10.3. The van der Waals surface area contributed by atoms with Crippen LogP contribution in [0.1, 0.15) is 29.1 Å². The van der Waals surface area contributed by atoms with Crippen molar-refractivity contribution >= 4 is 33.2 Å². The smallest absolute Gasteiger partial charge is 0.262 e. The summed E-state index contributed by atoms with van der Waals surface area (Å²) in [5.41, 5.74) is 0.957. The number of hydrogen-bond donors (Lipinski definition) is 1. The Kier molecular flexibility index (Phi) is 8.41. The molecule has 142 valence electrons. The maximum Gasteiger partial charge on any atom is 0.262 e. The van der Waals surface area contributed by atoms with Crippen LogP contribution in [0.25, 0.3) is 0 Å². The molecule has 0 atom stereocenters. The quantitative estimate of drug-likeness (QED) is 0.602. The summed E-state index contributed by atoms with van der Waals surface area (Å²) in [6, 6.07) is 7.60. The predicted molar refractivity (Wildman–Crippen MR) is 109 cm³/mol. The molecule has 0 saturated carbocycles. The molecule has 0 radical (unpaired) electrons. The summed E-state index contributed by atoms with van der Waals surface area (Å²) in [7, 11) is 1.62. The number of hydrogen-bond acceptors (Lipinski definition) is 5. The molecule has 2 rings (SSSR count). The molecule has 0 aliphatic heterocycles. The molecule has 0 aliphatic rings. The fourth-order valence-electron chi connectivity index (χ4n) is 2.48. The minimum atomic E-state index is -0.0922. The number of carbonyl (C=O) groups excluding carboxylic acids is 1. The van der Waals surface area contributed by atoms with E-state index in [2.05, 4.69) is 40.0 Å². The fourth-order valence-corrected chi connectivity index (χ4v) is 3.95. The van der Waals surface area contributed by atoms with E-state index >= 15 is 0 Å². The van der Waals surface area contributed by atoms with E-state index in [1.54, 1.807) is 7.11 Å². The minimum absolute atomic E-state index is 0.0922. The second kappa shape index (κ2) is 10.5. The summed E-state index contributed by atoms with van der Waals surface area (Å²) in [5, 5.41) is 4.81. The maximum atomic E-state index is 12.2. The van der Waals surface area contributed by atoms with Gasteiger partial charge in [0.15, 0.2) is 11.5 Å². The molecular weight excluding hydrogens is 416 g/mol. The summed E-state index contributed by atoms with van der Waals surface area (Å²) in [4.78, 5) is 15.2. The average molecular weight is 441 g/mol. The molecule has 26 heavy (non-hydrogen) atoms. The zero-order chi connectivity index (χ0) is 18.9. The Balaban J connectivity index is 1.93. The lowest BCUT2D eigenvalue weighted by atomic mass is 10.2. The normalized spacial score (nSPS) is 10.8. The zero-order valence-electron chi connectivity index (χ0n) is 15.4. The number of nitrogens with one attached hydrogen (secondary N) is 1. The van der Waals surface area contributed by atoms with Gasteiger partial charge in [0, 0.05) is 17.6 Å². The molecule has 7 heteroatoms. The predicted octanol–water partition coefficient (Wildman–Crippen LogP) is 4.17. The fraction of sp³-hybridized carbons (Fsp3) is 0.421. The van der Waals surface area contributed by atoms with E-state index in [1.165, 1.54) is 11.3 Å². The number of carbonyl (C=O) groups is 1. The van der Waals surface area contributed by atoms with E-state index < -0.39 is 0 Å². The summed E-state index contributed by atoms with van der Waals surface area (Å²) in [6.45, 7) is 8.22. The number of rotatable bonds is 10. The molecule has 0 spiro atoms. The van der Waals surface area contributed by atoms with Crippen molar-refractivity contribution in [1.82, 2.24) is 10.2 Å². The molecule has 0 saturated heterocycles. The second-order valence-electron chi connectivity index (χ2n) is 5.64. The van der Waals surface area contributed by atoms with Crippen molar-refractivity contribution in [3.8, 4) is 11.5 Å². The maximum absolute atomic E-state index is 12.2. The largest absolute Gasteiger partial charge is 0.493 e. The van der Waals surface area contributed by atoms with Gasteiger partial charge in [0.1, 0.15) is 11.5 Å². The number of likely N-dealkylation sites (N-methyl/N-ethyl adjacent to an activating group) is 1. The minimum Gasteiger partial charge on any atom is -0.493 e. The average Bonchev–Trinajstić information content (AvgIpc) is 3.09. The molecule has 0 unspecified atom stereocenters. The summed E-state index contributed by atoms with van der Waals surface area (Å²) in [6.07, 6.45) is 0. The number of halogens is 1. The van der Waals surface area contributed by atoms with Gasteiger partial charge in [0.05, 0.1) is 7.11 Å². The summed E-state index contributed by atoms with van der Waals surface area (Å²) >= 11 is 4.79. The molecule has 0 fully saturated rings. The van der Waals surface area contributed by atoms with Crippen LogP contribution in [0.2, 0.25) is 0 Å². The van der Waals surface area contributed by atoms with Crippen LogP contribution in [0.5, 0.6) is 11.5 Å². The third-order valence-electron chi connectivity index (χ3n) is 4.06. The van der Waals surface area contributed by atoms with Crippen LogP contribution in [-0.4, -0.2) is 44.2 Å². The summed E-state index contributed by atoms with van der Waals surface area (Å²) < 4.78 is 12.1. The molecule has 1 aromatic heterocycles. The molecule has 1 aromatic carbocycles. The van der Waals surface area contributed by atoms with Crippen molar-refractivity contribution in [2.24, 2.45) is 0 Å². The third-order valence-corrected chi connectivity index (χ3v) is 5.90. The first kappa shape index (κ1) is 20.7. The Labute approximate surface area is 167 Å². The Bertz CT molecular complexity index is 717. The lowest BCUT2D eigenvalue weighted by Crippen LogP contribution is -2.28. The first-order valence-electron chi connectivity index (χ1n) is 8.62. The lowest BCUT2D eigenvalue weighted by Gasteiger charge is -2.19. The van der Waals surface area contributed by atoms with Gasteiger partial charge in [-0.15, -0.1) is 11.3 Å². The van der Waals surface area contributed by atoms with Crippen molar-refractivity contribution in [3.05, 3.63) is 44.6 Å². The van der Waals surface area contributed by atoms with Gasteiger partial charge in [-0.1, -0.05) is 19.9 Å². The molecule has 1 heterocycles. The number of amides is 1. The van der Waals surface area contributed by atoms with Gasteiger partial charge in [-0.2, -0.15) is 0 Å². The van der Waals surface area contributed by atoms with Crippen LogP contribution < -0.4 is 14.8 Å². The Morgan fingerprint density at radius 3 is 2.62 bits per heavy atom. The van der Waals surface area contributed by atoms with E-state index in [1.807, 2.05) is 29.6 Å². The first-order chi connectivity index (χ1) is 12.6. The monoisotopic (exact) mass is 440 g/mol. The molecule has 0 aliphatic carbocycles. The molecular formula is C19H25BrN2O3S. The van der Waals surface area contributed by atoms with Gasteiger partial charge in [0.25, 0.3) is 5.91 Å². The highest BCUT2D eigenvalue weighted by Gasteiger charge is 2.12. The Morgan fingerprint density at radius 2 is 2.00 bits per heavy atom. The number of thiophene rings is 1. The van der Waals surface area contributed by atoms with Crippen LogP contribution in [0.3, 0.4) is 0 Å². The van der Waals surface area contributed by atoms with E-state index in [0.717, 1.165) is 35.4 Å². The number of nitrogens with zero attached hydrogens (tertiary/aromatic N) is 1. The van der Waals surface area contributed by atoms with E-state index in [4.69, 9.17) is 9.47 Å². The number of methoxy groups -OCH3 is 1. The van der Waals surface area contributed by atoms with Gasteiger partial charge >= 0.3 is 0 Å². The Morgan fingerprint density at radius 1 is 1.23 bits per heavy atom. The van der Waals surface area contributed by atoms with Crippen molar-refractivity contribution < 1.29 is 14.3 Å². The lowest BCUT2D eigenvalue weighted by molar-refractivity contribution is 0.0954. The van der Waals surface area contributed by atoms with E-state index in [-0.39, 0.29) is 5.91 Å². The van der Waals surface area contributed by atoms with Crippen LogP contribution in [-0.2, 0) is 6.54 Å². The molecule has 1 amide bonds. The van der Waals surface area contributed by atoms with E-state index in [9.17, 15) is 4.79 Å². The highest BCUT2D eigenvalue weighted by Crippen LogP contribution is 2.28. The van der Waals surface area contributed by atoms with Gasteiger partial charge in [-0.3, -0.25) is 4.79 Å². The van der Waals surface area contributed by atoms with Crippen molar-refractivity contribution in [1.29, 1.82) is 0 Å². The summed E-state index contributed by atoms with van der Waals surface area (Å²) in [5.74, 6) is 1.30. The molecule has 1 N–H and O–H groups in total. The zero-order valence-corrected chi connectivity index (χ0v) is 17.8. The highest BCUT2D eigenvalue weighted by molar-refractivity contribution is 9.10. The standard InChI is InChI=1S/C19H25BrN2O3S/c1-4-22(5-2)9-10-25-16-7-6-14(12-17(16)24-3)13-21-19(23)18-15(20)8-11-26-18/h6-8,11-12H,4-5,9-10,13H2,1-3H3,(H,21,23). The van der Waals surface area contributed by atoms with Gasteiger partial charge < -0.3 is 19.7 Å². The highest BCUT2D eigenvalue weighted by atomic mass is 79.9. The van der Waals surface area contributed by atoms with Crippen molar-refractivity contribution in [3.63, 3.8) is 0 Å². The van der Waals surface area contributed by atoms with Crippen molar-refractivity contribution in [2.75, 3.05) is 33.4 Å². The topological polar surface area (TPSA) is 50.8 Å². The SMILES string of the molecule is CCN(CC)CCOc1ccc(CNC(=O)c2sccc2Br)cc1OC. The number of benzene rings is 1. The molecule has 0 bridgehead atoms. The number of ether oxygens (including phenoxy) is 2. The van der Waals surface area contributed by atoms with Crippen molar-refractivity contribution in [2.45, 2.75) is 20.4 Å². The van der Waals surface area contributed by atoms with Crippen LogP contribution >= 0.6 is 27.3 Å². The third kappa shape index (κ3) is 5.72. The molecule has 5 nitrogen and oxygen atoms in total. The second-order valence-corrected chi connectivity index (χ2v) is 7.41. The van der Waals surface area contributed by atoms with Crippen LogP contribution in [0, 0.1) is 0 Å². The van der Waals surface area contributed by atoms with Gasteiger partial charge in [-0.05, 0) is 58.2 Å². The van der Waals surface area contributed by atoms with Crippen LogP contribution in [0.15, 0.2) is 34.1 Å². The Hall–Kier alpha value is -1.57. The van der Waals surface area contributed by atoms with Gasteiger partial charge in [0.2, 0.25) is 0 Å². The van der Waals surface area contributed by atoms with Crippen LogP contribution in [0.4, 0.5) is 0 Å². The molecule has 2 aromatic rings. The van der Waals surface area contributed by atoms with E-state index in [0.29, 0.717) is 23.8 Å².